The molecule has 0 radical (unpaired) electrons. The van der Waals surface area contributed by atoms with E-state index in [0.29, 0.717) is 0 Å². The lowest BCUT2D eigenvalue weighted by molar-refractivity contribution is 0.487. The average Bonchev–Trinajstić information content (AvgIpc) is 3.18. The van der Waals surface area contributed by atoms with Gasteiger partial charge in [-0.2, -0.15) is 0 Å². The highest BCUT2D eigenvalue weighted by Gasteiger charge is 2.24. The fourth-order valence-electron chi connectivity index (χ4n) is 6.98. The first kappa shape index (κ1) is 28.6. The molecule has 0 atom stereocenters. The van der Waals surface area contributed by atoms with Crippen LogP contribution in [0.5, 0.6) is 11.5 Å². The normalized spacial score (nSPS) is 11.4. The molecule has 0 saturated carbocycles. The smallest absolute Gasteiger partial charge is 0.135 e. The summed E-state index contributed by atoms with van der Waals surface area (Å²) in [4.78, 5) is 4.60. The third-order valence-electron chi connectivity index (χ3n) is 9.23. The molecule has 0 unspecified atom stereocenters. The molecule has 1 heterocycles. The largest absolute Gasteiger partial charge is 0.456 e. The van der Waals surface area contributed by atoms with E-state index in [-0.39, 0.29) is 0 Å². The summed E-state index contributed by atoms with van der Waals surface area (Å²) in [5.41, 5.74) is 11.2. The lowest BCUT2D eigenvalue weighted by Crippen LogP contribution is -2.11. The molecular formula is C46H32N2O. The van der Waals surface area contributed by atoms with E-state index in [1.807, 2.05) is 0 Å². The summed E-state index contributed by atoms with van der Waals surface area (Å²) in [7, 11) is 0. The Morgan fingerprint density at radius 2 is 0.816 bits per heavy atom. The quantitative estimate of drug-likeness (QED) is 0.175. The molecule has 0 fully saturated rings. The zero-order valence-corrected chi connectivity index (χ0v) is 26.8. The number of hydrogen-bond acceptors (Lipinski definition) is 3. The summed E-state index contributed by atoms with van der Waals surface area (Å²) in [6.45, 7) is 0. The van der Waals surface area contributed by atoms with Gasteiger partial charge in [0.25, 0.3) is 0 Å². The molecule has 0 N–H and O–H groups in total. The highest BCUT2D eigenvalue weighted by molar-refractivity contribution is 6.11. The first-order chi connectivity index (χ1) is 24.3. The molecule has 1 aliphatic rings. The summed E-state index contributed by atoms with van der Waals surface area (Å²) < 4.78 is 6.71. The van der Waals surface area contributed by atoms with E-state index in [4.69, 9.17) is 4.74 Å². The highest BCUT2D eigenvalue weighted by Crippen LogP contribution is 2.51. The molecule has 0 aromatic heterocycles. The summed E-state index contributed by atoms with van der Waals surface area (Å²) in [6.07, 6.45) is 0. The molecule has 0 spiro atoms. The van der Waals surface area contributed by atoms with Crippen molar-refractivity contribution in [1.29, 1.82) is 0 Å². The Hall–Kier alpha value is -6.58. The number of nitrogens with zero attached hydrogens (tertiary/aromatic N) is 2. The van der Waals surface area contributed by atoms with E-state index < -0.39 is 0 Å². The lowest BCUT2D eigenvalue weighted by Gasteiger charge is -2.29. The molecule has 3 nitrogen and oxygen atoms in total. The minimum atomic E-state index is 0.868. The number of para-hydroxylation sites is 4. The fourth-order valence-corrected chi connectivity index (χ4v) is 6.98. The van der Waals surface area contributed by atoms with Gasteiger partial charge in [0, 0.05) is 44.8 Å². The first-order valence-electron chi connectivity index (χ1n) is 16.6. The highest BCUT2D eigenvalue weighted by atomic mass is 16.5. The van der Waals surface area contributed by atoms with Gasteiger partial charge in [-0.1, -0.05) is 109 Å². The van der Waals surface area contributed by atoms with Gasteiger partial charge >= 0.3 is 0 Å². The number of hydrogen-bond donors (Lipinski definition) is 0. The zero-order valence-electron chi connectivity index (χ0n) is 26.8. The van der Waals surface area contributed by atoms with E-state index >= 15 is 0 Å². The zero-order chi connectivity index (χ0) is 32.6. The molecule has 9 rings (SSSR count). The third kappa shape index (κ3) is 5.18. The van der Waals surface area contributed by atoms with E-state index in [1.54, 1.807) is 0 Å². The van der Waals surface area contributed by atoms with Crippen molar-refractivity contribution in [2.45, 2.75) is 0 Å². The van der Waals surface area contributed by atoms with Crippen LogP contribution >= 0.6 is 0 Å². The topological polar surface area (TPSA) is 15.7 Å². The Labute approximate surface area is 286 Å². The van der Waals surface area contributed by atoms with Crippen LogP contribution in [-0.2, 0) is 0 Å². The molecule has 8 aromatic rings. The van der Waals surface area contributed by atoms with Gasteiger partial charge in [0.05, 0.1) is 5.69 Å². The van der Waals surface area contributed by atoms with Crippen molar-refractivity contribution in [2.75, 3.05) is 9.80 Å². The lowest BCUT2D eigenvalue weighted by atomic mass is 9.91. The van der Waals surface area contributed by atoms with Crippen molar-refractivity contribution in [3.63, 3.8) is 0 Å². The second kappa shape index (κ2) is 12.2. The van der Waals surface area contributed by atoms with E-state index in [1.165, 1.54) is 5.56 Å². The van der Waals surface area contributed by atoms with Crippen LogP contribution < -0.4 is 14.5 Å². The Bertz CT molecular complexity index is 2310. The second-order valence-corrected chi connectivity index (χ2v) is 12.2. The van der Waals surface area contributed by atoms with E-state index in [2.05, 4.69) is 204 Å². The van der Waals surface area contributed by atoms with Gasteiger partial charge in [-0.25, -0.2) is 0 Å². The number of anilines is 6. The summed E-state index contributed by atoms with van der Waals surface area (Å²) in [5.74, 6) is 1.74. The van der Waals surface area contributed by atoms with E-state index in [9.17, 15) is 0 Å². The number of rotatable bonds is 7. The maximum absolute atomic E-state index is 6.71. The third-order valence-corrected chi connectivity index (χ3v) is 9.23. The summed E-state index contributed by atoms with van der Waals surface area (Å²) in [6, 6.07) is 68.3. The van der Waals surface area contributed by atoms with Gasteiger partial charge < -0.3 is 14.5 Å². The molecule has 3 heteroatoms. The molecule has 0 bridgehead atoms. The number of fused-ring (bicyclic) bond motifs is 2. The molecule has 232 valence electrons. The molecule has 1 aliphatic heterocycles. The number of benzene rings is 8. The van der Waals surface area contributed by atoms with Gasteiger partial charge in [0.2, 0.25) is 0 Å². The fraction of sp³-hybridized carbons (Fsp3) is 0. The molecular weight excluding hydrogens is 597 g/mol. The summed E-state index contributed by atoms with van der Waals surface area (Å²) >= 11 is 0. The monoisotopic (exact) mass is 628 g/mol. The second-order valence-electron chi connectivity index (χ2n) is 12.2. The molecule has 49 heavy (non-hydrogen) atoms. The van der Waals surface area contributed by atoms with Crippen LogP contribution in [0.25, 0.3) is 33.0 Å². The molecule has 0 saturated heterocycles. The van der Waals surface area contributed by atoms with Crippen molar-refractivity contribution < 1.29 is 4.74 Å². The molecule has 0 amide bonds. The standard InChI is InChI=1S/C46H32N2O/c1-5-14-35(15-6-1)47(36-16-7-2-8-17-36)39-27-24-33(25-28-39)34-26-29-40-41-30-31-43(42-22-13-23-44(46(41)42)49-45(40)32-34)48(37-18-9-3-10-19-37)38-20-11-4-12-21-38/h1-32H. The predicted octanol–water partition coefficient (Wildman–Crippen LogP) is 13.2. The van der Waals surface area contributed by atoms with Crippen LogP contribution in [0.4, 0.5) is 34.1 Å². The maximum Gasteiger partial charge on any atom is 0.135 e. The van der Waals surface area contributed by atoms with Gasteiger partial charge in [0.1, 0.15) is 11.5 Å². The Morgan fingerprint density at radius 3 is 1.39 bits per heavy atom. The van der Waals surface area contributed by atoms with Gasteiger partial charge in [0.15, 0.2) is 0 Å². The van der Waals surface area contributed by atoms with Crippen LogP contribution in [0.2, 0.25) is 0 Å². The average molecular weight is 629 g/mol. The number of ether oxygens (including phenoxy) is 1. The van der Waals surface area contributed by atoms with Crippen molar-refractivity contribution in [2.24, 2.45) is 0 Å². The van der Waals surface area contributed by atoms with Crippen LogP contribution in [-0.4, -0.2) is 0 Å². The van der Waals surface area contributed by atoms with Crippen LogP contribution in [0.1, 0.15) is 0 Å². The Kier molecular flexibility index (Phi) is 7.14. The van der Waals surface area contributed by atoms with Crippen molar-refractivity contribution >= 4 is 44.9 Å². The predicted molar refractivity (Wildman–Crippen MR) is 204 cm³/mol. The summed E-state index contributed by atoms with van der Waals surface area (Å²) in [5, 5.41) is 2.28. The minimum Gasteiger partial charge on any atom is -0.456 e. The van der Waals surface area contributed by atoms with Crippen LogP contribution in [0, 0.1) is 0 Å². The van der Waals surface area contributed by atoms with Crippen molar-refractivity contribution in [1.82, 2.24) is 0 Å². The Balaban J connectivity index is 1.09. The minimum absolute atomic E-state index is 0.868. The Morgan fingerprint density at radius 1 is 0.327 bits per heavy atom. The van der Waals surface area contributed by atoms with E-state index in [0.717, 1.165) is 73.1 Å². The molecule has 0 aliphatic carbocycles. The van der Waals surface area contributed by atoms with Crippen molar-refractivity contribution in [3.05, 3.63) is 194 Å². The van der Waals surface area contributed by atoms with Gasteiger partial charge in [-0.3, -0.25) is 0 Å². The van der Waals surface area contributed by atoms with Gasteiger partial charge in [-0.05, 0) is 102 Å². The van der Waals surface area contributed by atoms with Crippen molar-refractivity contribution in [3.8, 4) is 33.8 Å². The van der Waals surface area contributed by atoms with Crippen LogP contribution in [0.15, 0.2) is 194 Å². The van der Waals surface area contributed by atoms with Gasteiger partial charge in [-0.15, -0.1) is 0 Å². The maximum atomic E-state index is 6.71. The first-order valence-corrected chi connectivity index (χ1v) is 16.6. The molecule has 8 aromatic carbocycles. The SMILES string of the molecule is c1ccc(N(c2ccccc2)c2ccc(-c3ccc4c(c3)Oc3cccc5c(N(c6ccccc6)c6ccccc6)ccc-4c35)cc2)cc1. The van der Waals surface area contributed by atoms with Crippen LogP contribution in [0.3, 0.4) is 0 Å².